The Morgan fingerprint density at radius 3 is 1.88 bits per heavy atom. The van der Waals surface area contributed by atoms with Crippen molar-refractivity contribution in [3.05, 3.63) is 0 Å². The molecule has 0 aromatic heterocycles. The summed E-state index contributed by atoms with van der Waals surface area (Å²) in [4.78, 5) is 0. The van der Waals surface area contributed by atoms with Gasteiger partial charge in [-0.2, -0.15) is 0 Å². The van der Waals surface area contributed by atoms with Crippen LogP contribution in [-0.4, -0.2) is 18.6 Å². The maximum absolute atomic E-state index is 5.56. The highest BCUT2D eigenvalue weighted by Gasteiger charge is 2.36. The zero-order chi connectivity index (χ0) is 5.40. The van der Waals surface area contributed by atoms with Crippen LogP contribution in [0.1, 0.15) is 12.8 Å². The second kappa shape index (κ2) is 1.95. The molecule has 3 aliphatic rings. The Morgan fingerprint density at radius 2 is 1.38 bits per heavy atom. The summed E-state index contributed by atoms with van der Waals surface area (Å²) < 4.78 is 11.1. The lowest BCUT2D eigenvalue weighted by atomic mass is 10.4. The van der Waals surface area contributed by atoms with Crippen molar-refractivity contribution in [2.24, 2.45) is 0 Å². The van der Waals surface area contributed by atoms with Gasteiger partial charge in [0.2, 0.25) is 0 Å². The van der Waals surface area contributed by atoms with E-state index in [1.54, 1.807) is 0 Å². The lowest BCUT2D eigenvalue weighted by Gasteiger charge is -2.31. The van der Waals surface area contributed by atoms with Crippen molar-refractivity contribution >= 4 is 18.6 Å². The zero-order valence-electron chi connectivity index (χ0n) is 4.80. The van der Waals surface area contributed by atoms with E-state index in [0.717, 1.165) is 0 Å². The van der Waals surface area contributed by atoms with Crippen LogP contribution in [-0.2, 0) is 8.23 Å². The first-order valence-corrected chi connectivity index (χ1v) is 6.78. The molecule has 0 atom stereocenters. The second-order valence-electron chi connectivity index (χ2n) is 2.42. The predicted molar refractivity (Wildman–Crippen MR) is 35.3 cm³/mol. The van der Waals surface area contributed by atoms with Gasteiger partial charge in [0.25, 0.3) is 0 Å². The number of hydrogen-bond donors (Lipinski definition) is 0. The largest absolute Gasteiger partial charge is 0.420 e. The van der Waals surface area contributed by atoms with Crippen LogP contribution in [0.3, 0.4) is 0 Å². The van der Waals surface area contributed by atoms with Crippen molar-refractivity contribution in [1.29, 1.82) is 0 Å². The Hall–Kier alpha value is 0.354. The normalized spacial score (nSPS) is 45.0. The highest BCUT2D eigenvalue weighted by molar-refractivity contribution is 6.73. The fourth-order valence-corrected chi connectivity index (χ4v) is 7.45. The molecule has 3 saturated heterocycles. The van der Waals surface area contributed by atoms with Crippen LogP contribution >= 0.6 is 0 Å². The van der Waals surface area contributed by atoms with Gasteiger partial charge >= 0.3 is 18.6 Å². The average molecular weight is 146 g/mol. The van der Waals surface area contributed by atoms with Crippen molar-refractivity contribution in [2.45, 2.75) is 24.9 Å². The predicted octanol–water partition coefficient (Wildman–Crippen LogP) is 0.268. The van der Waals surface area contributed by atoms with Gasteiger partial charge in [-0.05, 0) is 12.1 Å². The standard InChI is InChI=1S/C4H10O2Si2/c1-2-4-8-5-7(3-1)6-8/h7-8H,1-4H2. The third kappa shape index (κ3) is 0.773. The van der Waals surface area contributed by atoms with Gasteiger partial charge in [-0.25, -0.2) is 0 Å². The quantitative estimate of drug-likeness (QED) is 0.457. The summed E-state index contributed by atoms with van der Waals surface area (Å²) >= 11 is 0. The molecule has 0 amide bonds. The minimum absolute atomic E-state index is 0.934. The lowest BCUT2D eigenvalue weighted by molar-refractivity contribution is 0.285. The van der Waals surface area contributed by atoms with Gasteiger partial charge in [0.05, 0.1) is 0 Å². The van der Waals surface area contributed by atoms with Crippen molar-refractivity contribution in [3.8, 4) is 0 Å². The molecule has 0 aromatic rings. The van der Waals surface area contributed by atoms with Gasteiger partial charge in [0.15, 0.2) is 0 Å². The third-order valence-corrected chi connectivity index (χ3v) is 8.35. The molecule has 0 spiro atoms. The molecule has 3 fully saturated rings. The molecule has 2 bridgehead atoms. The van der Waals surface area contributed by atoms with Crippen LogP contribution in [0.5, 0.6) is 0 Å². The molecule has 0 saturated carbocycles. The van der Waals surface area contributed by atoms with Crippen LogP contribution in [0.2, 0.25) is 12.1 Å². The van der Waals surface area contributed by atoms with E-state index in [4.69, 9.17) is 8.23 Å². The minimum atomic E-state index is -0.934. The topological polar surface area (TPSA) is 18.5 Å². The van der Waals surface area contributed by atoms with E-state index >= 15 is 0 Å². The average Bonchev–Trinajstić information content (AvgIpc) is 1.89. The molecule has 0 radical (unpaired) electrons. The molecule has 4 heteroatoms. The van der Waals surface area contributed by atoms with Crippen molar-refractivity contribution in [3.63, 3.8) is 0 Å². The smallest absolute Gasteiger partial charge is 0.303 e. The fourth-order valence-electron chi connectivity index (χ4n) is 1.24. The Morgan fingerprint density at radius 1 is 0.875 bits per heavy atom. The van der Waals surface area contributed by atoms with E-state index in [1.807, 2.05) is 0 Å². The minimum Gasteiger partial charge on any atom is -0.420 e. The highest BCUT2D eigenvalue weighted by atomic mass is 28.5. The summed E-state index contributed by atoms with van der Waals surface area (Å²) in [6, 6.07) is 2.56. The van der Waals surface area contributed by atoms with E-state index in [1.165, 1.54) is 24.9 Å². The van der Waals surface area contributed by atoms with Crippen molar-refractivity contribution in [1.82, 2.24) is 0 Å². The monoisotopic (exact) mass is 146 g/mol. The lowest BCUT2D eigenvalue weighted by Crippen LogP contribution is -2.46. The molecule has 0 N–H and O–H groups in total. The van der Waals surface area contributed by atoms with Crippen LogP contribution in [0.4, 0.5) is 0 Å². The number of hydrogen-bond acceptors (Lipinski definition) is 2. The van der Waals surface area contributed by atoms with Crippen molar-refractivity contribution in [2.75, 3.05) is 0 Å². The highest BCUT2D eigenvalue weighted by Crippen LogP contribution is 2.25. The molecule has 3 aliphatic heterocycles. The van der Waals surface area contributed by atoms with Gasteiger partial charge in [0.1, 0.15) is 0 Å². The van der Waals surface area contributed by atoms with E-state index in [-0.39, 0.29) is 0 Å². The second-order valence-corrected chi connectivity index (χ2v) is 7.47. The SMILES string of the molecule is C1CC[SiH]2O[SiH](C1)O2. The first-order valence-electron chi connectivity index (χ1n) is 3.26. The Balaban J connectivity index is 1.95. The summed E-state index contributed by atoms with van der Waals surface area (Å²) in [7, 11) is -1.87. The molecule has 8 heavy (non-hydrogen) atoms. The first-order chi connectivity index (χ1) is 3.95. The van der Waals surface area contributed by atoms with Gasteiger partial charge in [-0.3, -0.25) is 0 Å². The summed E-state index contributed by atoms with van der Waals surface area (Å²) in [5.41, 5.74) is 0. The van der Waals surface area contributed by atoms with Crippen LogP contribution in [0, 0.1) is 0 Å². The van der Waals surface area contributed by atoms with E-state index in [0.29, 0.717) is 0 Å². The Bertz CT molecular complexity index is 76.5. The van der Waals surface area contributed by atoms with Crippen LogP contribution in [0.15, 0.2) is 0 Å². The van der Waals surface area contributed by atoms with Gasteiger partial charge in [-0.15, -0.1) is 0 Å². The molecule has 3 heterocycles. The van der Waals surface area contributed by atoms with Crippen LogP contribution in [0.25, 0.3) is 0 Å². The Labute approximate surface area is 52.5 Å². The Kier molecular flexibility index (Phi) is 1.26. The molecule has 46 valence electrons. The number of fused-ring (bicyclic) bond motifs is 3. The molecule has 0 unspecified atom stereocenters. The molecule has 0 aliphatic carbocycles. The maximum Gasteiger partial charge on any atom is 0.303 e. The van der Waals surface area contributed by atoms with Gasteiger partial charge in [-0.1, -0.05) is 12.8 Å². The third-order valence-electron chi connectivity index (χ3n) is 1.74. The van der Waals surface area contributed by atoms with Gasteiger partial charge < -0.3 is 8.23 Å². The molecule has 3 rings (SSSR count). The van der Waals surface area contributed by atoms with E-state index in [2.05, 4.69) is 0 Å². The molecule has 0 aromatic carbocycles. The summed E-state index contributed by atoms with van der Waals surface area (Å²) in [5, 5.41) is 0. The molecular formula is C4H10O2Si2. The van der Waals surface area contributed by atoms with E-state index in [9.17, 15) is 0 Å². The van der Waals surface area contributed by atoms with Crippen molar-refractivity contribution < 1.29 is 8.23 Å². The molecule has 2 nitrogen and oxygen atoms in total. The summed E-state index contributed by atoms with van der Waals surface area (Å²) in [5.74, 6) is 0. The molecular weight excluding hydrogens is 136 g/mol. The number of rotatable bonds is 0. The summed E-state index contributed by atoms with van der Waals surface area (Å²) in [6.45, 7) is 0. The summed E-state index contributed by atoms with van der Waals surface area (Å²) in [6.07, 6.45) is 2.75. The van der Waals surface area contributed by atoms with Gasteiger partial charge in [0, 0.05) is 0 Å². The first kappa shape index (κ1) is 5.16. The van der Waals surface area contributed by atoms with Crippen LogP contribution < -0.4 is 0 Å². The fraction of sp³-hybridized carbons (Fsp3) is 1.00. The van der Waals surface area contributed by atoms with E-state index < -0.39 is 18.6 Å². The zero-order valence-corrected chi connectivity index (χ0v) is 7.11. The maximum atomic E-state index is 5.56.